The first-order chi connectivity index (χ1) is 8.24. The molecule has 3 rings (SSSR count). The van der Waals surface area contributed by atoms with Crippen LogP contribution < -0.4 is 0 Å². The number of para-hydroxylation sites is 2. The molecule has 0 spiro atoms. The van der Waals surface area contributed by atoms with Gasteiger partial charge in [-0.25, -0.2) is 4.98 Å². The van der Waals surface area contributed by atoms with E-state index in [-0.39, 0.29) is 5.75 Å². The van der Waals surface area contributed by atoms with Crippen LogP contribution in [0.3, 0.4) is 0 Å². The summed E-state index contributed by atoms with van der Waals surface area (Å²) in [5, 5.41) is 9.85. The van der Waals surface area contributed by atoms with Gasteiger partial charge in [0.25, 0.3) is 0 Å². The second-order valence-corrected chi connectivity index (χ2v) is 5.01. The van der Waals surface area contributed by atoms with Crippen LogP contribution in [-0.4, -0.2) is 15.1 Å². The number of nitrogens with one attached hydrogen (secondary N) is 1. The fourth-order valence-electron chi connectivity index (χ4n) is 1.78. The molecule has 1 heterocycles. The van der Waals surface area contributed by atoms with Gasteiger partial charge in [-0.05, 0) is 52.9 Å². The summed E-state index contributed by atoms with van der Waals surface area (Å²) in [6, 6.07) is 13.3. The number of rotatable bonds is 1. The van der Waals surface area contributed by atoms with Gasteiger partial charge in [-0.15, -0.1) is 0 Å². The number of aromatic amines is 1. The highest BCUT2D eigenvalue weighted by molar-refractivity contribution is 14.1. The van der Waals surface area contributed by atoms with Crippen molar-refractivity contribution in [3.8, 4) is 17.1 Å². The van der Waals surface area contributed by atoms with Crippen LogP contribution in [0.5, 0.6) is 5.75 Å². The minimum Gasteiger partial charge on any atom is -0.507 e. The zero-order valence-electron chi connectivity index (χ0n) is 8.81. The Kier molecular flexibility index (Phi) is 2.51. The molecule has 17 heavy (non-hydrogen) atoms. The van der Waals surface area contributed by atoms with Gasteiger partial charge in [-0.3, -0.25) is 0 Å². The fraction of sp³-hybridized carbons (Fsp3) is 0. The van der Waals surface area contributed by atoms with Crippen LogP contribution in [0.1, 0.15) is 0 Å². The van der Waals surface area contributed by atoms with E-state index < -0.39 is 0 Å². The van der Waals surface area contributed by atoms with Gasteiger partial charge in [0.15, 0.2) is 0 Å². The van der Waals surface area contributed by atoms with Gasteiger partial charge in [-0.1, -0.05) is 12.1 Å². The third kappa shape index (κ3) is 1.88. The molecule has 2 N–H and O–H groups in total. The van der Waals surface area contributed by atoms with Crippen LogP contribution in [0.15, 0.2) is 42.5 Å². The number of H-pyrrole nitrogens is 1. The summed E-state index contributed by atoms with van der Waals surface area (Å²) in [6.07, 6.45) is 0. The standard InChI is InChI=1S/C13H9IN2O/c14-8-5-6-12(17)9(7-8)13-15-10-3-1-2-4-11(10)16-13/h1-7,17H,(H,15,16). The molecule has 0 aliphatic carbocycles. The first-order valence-electron chi connectivity index (χ1n) is 5.18. The first-order valence-corrected chi connectivity index (χ1v) is 6.25. The van der Waals surface area contributed by atoms with Crippen LogP contribution in [-0.2, 0) is 0 Å². The van der Waals surface area contributed by atoms with Crippen LogP contribution in [0, 0.1) is 3.57 Å². The second-order valence-electron chi connectivity index (χ2n) is 3.76. The number of hydrogen-bond donors (Lipinski definition) is 2. The van der Waals surface area contributed by atoms with E-state index in [9.17, 15) is 5.11 Å². The van der Waals surface area contributed by atoms with Crippen LogP contribution in [0.25, 0.3) is 22.4 Å². The van der Waals surface area contributed by atoms with Crippen molar-refractivity contribution in [3.63, 3.8) is 0 Å². The monoisotopic (exact) mass is 336 g/mol. The molecule has 3 aromatic rings. The number of halogens is 1. The molecule has 2 aromatic carbocycles. The molecule has 0 bridgehead atoms. The Hall–Kier alpha value is -1.56. The number of nitrogens with zero attached hydrogens (tertiary/aromatic N) is 1. The predicted molar refractivity (Wildman–Crippen MR) is 75.9 cm³/mol. The van der Waals surface area contributed by atoms with Gasteiger partial charge in [-0.2, -0.15) is 0 Å². The predicted octanol–water partition coefficient (Wildman–Crippen LogP) is 3.54. The van der Waals surface area contributed by atoms with E-state index >= 15 is 0 Å². The van der Waals surface area contributed by atoms with E-state index in [4.69, 9.17) is 0 Å². The summed E-state index contributed by atoms with van der Waals surface area (Å²) in [4.78, 5) is 7.67. The first kappa shape index (κ1) is 10.6. The van der Waals surface area contributed by atoms with E-state index in [1.807, 2.05) is 36.4 Å². The number of phenols is 1. The van der Waals surface area contributed by atoms with Crippen molar-refractivity contribution in [2.75, 3.05) is 0 Å². The molecule has 84 valence electrons. The lowest BCUT2D eigenvalue weighted by molar-refractivity contribution is 0.477. The Morgan fingerprint density at radius 3 is 2.76 bits per heavy atom. The summed E-state index contributed by atoms with van der Waals surface area (Å²) in [6.45, 7) is 0. The van der Waals surface area contributed by atoms with Gasteiger partial charge >= 0.3 is 0 Å². The van der Waals surface area contributed by atoms with Crippen molar-refractivity contribution in [1.82, 2.24) is 9.97 Å². The maximum Gasteiger partial charge on any atom is 0.142 e. The second kappa shape index (κ2) is 4.03. The van der Waals surface area contributed by atoms with Crippen molar-refractivity contribution in [1.29, 1.82) is 0 Å². The molecule has 0 saturated heterocycles. The number of fused-ring (bicyclic) bond motifs is 1. The highest BCUT2D eigenvalue weighted by Crippen LogP contribution is 2.29. The maximum absolute atomic E-state index is 9.85. The number of phenolic OH excluding ortho intramolecular Hbond substituents is 1. The van der Waals surface area contributed by atoms with Crippen molar-refractivity contribution in [2.45, 2.75) is 0 Å². The number of hydrogen-bond acceptors (Lipinski definition) is 2. The van der Waals surface area contributed by atoms with Crippen LogP contribution in [0.2, 0.25) is 0 Å². The summed E-state index contributed by atoms with van der Waals surface area (Å²) in [5.74, 6) is 0.937. The summed E-state index contributed by atoms with van der Waals surface area (Å²) in [5.41, 5.74) is 2.61. The SMILES string of the molecule is Oc1ccc(I)cc1-c1nc2ccccc2[nH]1. The van der Waals surface area contributed by atoms with E-state index in [2.05, 4.69) is 32.6 Å². The van der Waals surface area contributed by atoms with E-state index in [0.717, 1.165) is 20.2 Å². The van der Waals surface area contributed by atoms with Crippen LogP contribution >= 0.6 is 22.6 Å². The number of benzene rings is 2. The largest absolute Gasteiger partial charge is 0.507 e. The molecule has 0 aliphatic rings. The van der Waals surface area contributed by atoms with Gasteiger partial charge in [0, 0.05) is 3.57 Å². The Morgan fingerprint density at radius 2 is 1.94 bits per heavy atom. The Balaban J connectivity index is 2.23. The highest BCUT2D eigenvalue weighted by atomic mass is 127. The lowest BCUT2D eigenvalue weighted by Gasteiger charge is -2.01. The number of aromatic nitrogens is 2. The minimum absolute atomic E-state index is 0.240. The lowest BCUT2D eigenvalue weighted by atomic mass is 10.2. The quantitative estimate of drug-likeness (QED) is 0.668. The third-order valence-corrected chi connectivity index (χ3v) is 3.27. The molecular weight excluding hydrogens is 327 g/mol. The Morgan fingerprint density at radius 1 is 1.12 bits per heavy atom. The molecule has 1 aromatic heterocycles. The molecule has 0 radical (unpaired) electrons. The minimum atomic E-state index is 0.240. The molecule has 0 fully saturated rings. The van der Waals surface area contributed by atoms with E-state index in [0.29, 0.717) is 5.82 Å². The Bertz CT molecular complexity index is 658. The summed E-state index contributed by atoms with van der Waals surface area (Å²) < 4.78 is 1.07. The maximum atomic E-state index is 9.85. The van der Waals surface area contributed by atoms with Gasteiger partial charge < -0.3 is 10.1 Å². The number of imidazole rings is 1. The van der Waals surface area contributed by atoms with Crippen molar-refractivity contribution in [3.05, 3.63) is 46.0 Å². The lowest BCUT2D eigenvalue weighted by Crippen LogP contribution is -1.82. The molecule has 0 unspecified atom stereocenters. The molecular formula is C13H9IN2O. The van der Waals surface area contributed by atoms with Crippen molar-refractivity contribution < 1.29 is 5.11 Å². The smallest absolute Gasteiger partial charge is 0.142 e. The van der Waals surface area contributed by atoms with Crippen molar-refractivity contribution in [2.24, 2.45) is 0 Å². The van der Waals surface area contributed by atoms with Crippen LogP contribution in [0.4, 0.5) is 0 Å². The van der Waals surface area contributed by atoms with Gasteiger partial charge in [0.1, 0.15) is 11.6 Å². The summed E-state index contributed by atoms with van der Waals surface area (Å²) >= 11 is 2.21. The zero-order valence-corrected chi connectivity index (χ0v) is 11.0. The van der Waals surface area contributed by atoms with E-state index in [1.165, 1.54) is 0 Å². The summed E-state index contributed by atoms with van der Waals surface area (Å²) in [7, 11) is 0. The molecule has 0 saturated carbocycles. The molecule has 4 heteroatoms. The molecule has 0 amide bonds. The Labute approximate surface area is 112 Å². The average molecular weight is 336 g/mol. The van der Waals surface area contributed by atoms with Gasteiger partial charge in [0.05, 0.1) is 16.6 Å². The third-order valence-electron chi connectivity index (χ3n) is 2.60. The molecule has 0 atom stereocenters. The normalized spacial score (nSPS) is 10.9. The van der Waals surface area contributed by atoms with Crippen molar-refractivity contribution >= 4 is 33.6 Å². The average Bonchev–Trinajstić information content (AvgIpc) is 2.75. The topological polar surface area (TPSA) is 48.9 Å². The van der Waals surface area contributed by atoms with Gasteiger partial charge in [0.2, 0.25) is 0 Å². The zero-order chi connectivity index (χ0) is 11.8. The van der Waals surface area contributed by atoms with E-state index in [1.54, 1.807) is 6.07 Å². The molecule has 0 aliphatic heterocycles. The number of aromatic hydroxyl groups is 1. The molecule has 3 nitrogen and oxygen atoms in total. The fourth-order valence-corrected chi connectivity index (χ4v) is 2.27. The highest BCUT2D eigenvalue weighted by Gasteiger charge is 2.09.